The molecular formula is C29H34N2O5. The molecule has 2 aliphatic heterocycles. The van der Waals surface area contributed by atoms with Crippen molar-refractivity contribution in [3.05, 3.63) is 71.8 Å². The lowest BCUT2D eigenvalue weighted by molar-refractivity contribution is -0.141. The van der Waals surface area contributed by atoms with Gasteiger partial charge in [-0.25, -0.2) is 9.59 Å². The van der Waals surface area contributed by atoms with Crippen LogP contribution in [-0.2, 0) is 20.9 Å². The predicted molar refractivity (Wildman–Crippen MR) is 134 cm³/mol. The van der Waals surface area contributed by atoms with Gasteiger partial charge in [0.05, 0.1) is 11.0 Å². The van der Waals surface area contributed by atoms with Crippen LogP contribution in [0.25, 0.3) is 0 Å². The first-order valence-electron chi connectivity index (χ1n) is 13.1. The molecule has 2 amide bonds. The molecule has 2 aromatic rings. The molecule has 0 unspecified atom stereocenters. The lowest BCUT2D eigenvalue weighted by Crippen LogP contribution is -2.51. The maximum absolute atomic E-state index is 13.6. The summed E-state index contributed by atoms with van der Waals surface area (Å²) in [5.74, 6) is -0.107. The van der Waals surface area contributed by atoms with E-state index in [0.29, 0.717) is 18.7 Å². The van der Waals surface area contributed by atoms with Crippen LogP contribution in [0.4, 0.5) is 4.79 Å². The second-order valence-corrected chi connectivity index (χ2v) is 10.3. The number of esters is 1. The molecular weight excluding hydrogens is 456 g/mol. The summed E-state index contributed by atoms with van der Waals surface area (Å²) in [4.78, 5) is 42.5. The molecule has 7 nitrogen and oxygen atoms in total. The fraction of sp³-hybridized carbons (Fsp3) is 0.483. The lowest BCUT2D eigenvalue weighted by atomic mass is 9.78. The fourth-order valence-electron chi connectivity index (χ4n) is 5.94. The van der Waals surface area contributed by atoms with Crippen LogP contribution >= 0.6 is 0 Å². The number of carbonyl (C=O) groups excluding carboxylic acids is 3. The molecule has 190 valence electrons. The van der Waals surface area contributed by atoms with E-state index in [1.807, 2.05) is 53.4 Å². The number of hydrogen-bond acceptors (Lipinski definition) is 5. The molecule has 2 saturated heterocycles. The first-order chi connectivity index (χ1) is 17.5. The number of hydrogen-bond donors (Lipinski definition) is 0. The molecule has 2 heterocycles. The number of piperidine rings is 1. The van der Waals surface area contributed by atoms with Gasteiger partial charge in [0.15, 0.2) is 0 Å². The Morgan fingerprint density at radius 1 is 0.889 bits per heavy atom. The van der Waals surface area contributed by atoms with Gasteiger partial charge >= 0.3 is 12.1 Å². The van der Waals surface area contributed by atoms with E-state index < -0.39 is 5.41 Å². The van der Waals surface area contributed by atoms with Crippen LogP contribution in [0, 0.1) is 5.41 Å². The van der Waals surface area contributed by atoms with Gasteiger partial charge in [0, 0.05) is 25.7 Å². The molecule has 1 atom stereocenters. The Morgan fingerprint density at radius 3 is 2.31 bits per heavy atom. The fourth-order valence-corrected chi connectivity index (χ4v) is 5.94. The standard InChI is InChI=1S/C29H34N2O5/c32-26(23-10-5-2-6-11-23)36-25-14-12-24(13-15-25)31-19-17-29(27(31)33)16-7-18-30(21-29)28(34)35-20-22-8-3-1-4-9-22/h1-6,8-11,24-25H,7,12-21H2/t24?,25?,29-/m0/s1. The molecule has 0 aromatic heterocycles. The number of carbonyl (C=O) groups is 3. The summed E-state index contributed by atoms with van der Waals surface area (Å²) < 4.78 is 11.3. The minimum Gasteiger partial charge on any atom is -0.459 e. The van der Waals surface area contributed by atoms with Crippen molar-refractivity contribution in [2.24, 2.45) is 5.41 Å². The zero-order chi connectivity index (χ0) is 25.0. The average Bonchev–Trinajstić information content (AvgIpc) is 3.23. The van der Waals surface area contributed by atoms with Crippen LogP contribution < -0.4 is 0 Å². The number of ether oxygens (including phenoxy) is 2. The molecule has 0 bridgehead atoms. The summed E-state index contributed by atoms with van der Waals surface area (Å²) in [6.45, 7) is 2.02. The third kappa shape index (κ3) is 5.25. The van der Waals surface area contributed by atoms with Crippen molar-refractivity contribution in [1.29, 1.82) is 0 Å². The minimum absolute atomic E-state index is 0.106. The van der Waals surface area contributed by atoms with E-state index in [1.165, 1.54) is 0 Å². The highest BCUT2D eigenvalue weighted by atomic mass is 16.6. The van der Waals surface area contributed by atoms with Gasteiger partial charge < -0.3 is 19.3 Å². The zero-order valence-corrected chi connectivity index (χ0v) is 20.6. The van der Waals surface area contributed by atoms with Gasteiger partial charge in [-0.15, -0.1) is 0 Å². The zero-order valence-electron chi connectivity index (χ0n) is 20.6. The van der Waals surface area contributed by atoms with Crippen LogP contribution in [0.5, 0.6) is 0 Å². The van der Waals surface area contributed by atoms with Crippen molar-refractivity contribution in [3.8, 4) is 0 Å². The van der Waals surface area contributed by atoms with Gasteiger partial charge in [0.25, 0.3) is 0 Å². The minimum atomic E-state index is -0.499. The molecule has 1 spiro atoms. The van der Waals surface area contributed by atoms with Crippen LogP contribution in [0.3, 0.4) is 0 Å². The maximum atomic E-state index is 13.6. The summed E-state index contributed by atoms with van der Waals surface area (Å²) >= 11 is 0. The van der Waals surface area contributed by atoms with Gasteiger partial charge in [-0.3, -0.25) is 4.79 Å². The summed E-state index contributed by atoms with van der Waals surface area (Å²) in [7, 11) is 0. The highest BCUT2D eigenvalue weighted by molar-refractivity contribution is 5.89. The number of amides is 2. The van der Waals surface area contributed by atoms with Crippen molar-refractivity contribution >= 4 is 18.0 Å². The smallest absolute Gasteiger partial charge is 0.410 e. The molecule has 0 N–H and O–H groups in total. The van der Waals surface area contributed by atoms with Crippen LogP contribution in [0.15, 0.2) is 60.7 Å². The molecule has 7 heteroatoms. The van der Waals surface area contributed by atoms with Crippen molar-refractivity contribution in [3.63, 3.8) is 0 Å². The Bertz CT molecular complexity index is 1070. The molecule has 5 rings (SSSR count). The maximum Gasteiger partial charge on any atom is 0.410 e. The lowest BCUT2D eigenvalue weighted by Gasteiger charge is -2.40. The van der Waals surface area contributed by atoms with Crippen LogP contribution in [0.1, 0.15) is 60.9 Å². The topological polar surface area (TPSA) is 76.2 Å². The van der Waals surface area contributed by atoms with Gasteiger partial charge in [0.2, 0.25) is 5.91 Å². The van der Waals surface area contributed by atoms with E-state index in [1.54, 1.807) is 17.0 Å². The van der Waals surface area contributed by atoms with Gasteiger partial charge in [-0.2, -0.15) is 0 Å². The van der Waals surface area contributed by atoms with Gasteiger partial charge in [-0.05, 0) is 62.6 Å². The number of rotatable bonds is 5. The average molecular weight is 491 g/mol. The third-order valence-electron chi connectivity index (χ3n) is 7.95. The summed E-state index contributed by atoms with van der Waals surface area (Å²) in [6.07, 6.45) is 5.13. The largest absolute Gasteiger partial charge is 0.459 e. The van der Waals surface area contributed by atoms with E-state index >= 15 is 0 Å². The monoisotopic (exact) mass is 490 g/mol. The third-order valence-corrected chi connectivity index (χ3v) is 7.95. The quantitative estimate of drug-likeness (QED) is 0.563. The van der Waals surface area contributed by atoms with Crippen molar-refractivity contribution in [2.75, 3.05) is 19.6 Å². The highest BCUT2D eigenvalue weighted by Gasteiger charge is 2.51. The van der Waals surface area contributed by atoms with Crippen LogP contribution in [0.2, 0.25) is 0 Å². The normalized spacial score (nSPS) is 26.2. The van der Waals surface area contributed by atoms with E-state index in [4.69, 9.17) is 9.47 Å². The van der Waals surface area contributed by atoms with E-state index in [-0.39, 0.29) is 36.7 Å². The first-order valence-corrected chi connectivity index (χ1v) is 13.1. The Morgan fingerprint density at radius 2 is 1.58 bits per heavy atom. The second-order valence-electron chi connectivity index (χ2n) is 10.3. The van der Waals surface area contributed by atoms with E-state index in [9.17, 15) is 14.4 Å². The SMILES string of the molecule is O=C(OC1CCC(N2CC[C@]3(CCCN(C(=O)OCc4ccccc4)C3)C2=O)CC1)c1ccccc1. The molecule has 0 radical (unpaired) electrons. The molecule has 1 saturated carbocycles. The summed E-state index contributed by atoms with van der Waals surface area (Å²) in [6, 6.07) is 18.9. The number of nitrogens with zero attached hydrogens (tertiary/aromatic N) is 2. The summed E-state index contributed by atoms with van der Waals surface area (Å²) in [5.41, 5.74) is 1.02. The highest BCUT2D eigenvalue weighted by Crippen LogP contribution is 2.42. The summed E-state index contributed by atoms with van der Waals surface area (Å²) in [5, 5.41) is 0. The van der Waals surface area contributed by atoms with Crippen molar-refractivity contribution in [1.82, 2.24) is 9.80 Å². The van der Waals surface area contributed by atoms with Gasteiger partial charge in [-0.1, -0.05) is 48.5 Å². The number of likely N-dealkylation sites (tertiary alicyclic amines) is 2. The Hall–Kier alpha value is -3.35. The number of benzene rings is 2. The van der Waals surface area contributed by atoms with Crippen molar-refractivity contribution < 1.29 is 23.9 Å². The predicted octanol–water partition coefficient (Wildman–Crippen LogP) is 4.81. The van der Waals surface area contributed by atoms with Gasteiger partial charge in [0.1, 0.15) is 12.7 Å². The Labute approximate surface area is 212 Å². The first kappa shape index (κ1) is 24.3. The molecule has 3 aliphatic rings. The van der Waals surface area contributed by atoms with E-state index in [0.717, 1.165) is 57.1 Å². The Kier molecular flexibility index (Phi) is 7.25. The van der Waals surface area contributed by atoms with E-state index in [2.05, 4.69) is 0 Å². The molecule has 1 aliphatic carbocycles. The second kappa shape index (κ2) is 10.7. The van der Waals surface area contributed by atoms with Crippen LogP contribution in [-0.4, -0.2) is 59.5 Å². The van der Waals surface area contributed by atoms with Crippen molar-refractivity contribution in [2.45, 2.75) is 63.7 Å². The Balaban J connectivity index is 1.13. The molecule has 2 aromatic carbocycles. The molecule has 3 fully saturated rings. The molecule has 36 heavy (non-hydrogen) atoms.